The lowest BCUT2D eigenvalue weighted by atomic mass is 9.83. The zero-order valence-electron chi connectivity index (χ0n) is 6.59. The zero-order chi connectivity index (χ0) is 7.83. The van der Waals surface area contributed by atoms with E-state index >= 15 is 0 Å². The molecule has 2 nitrogen and oxygen atoms in total. The molecule has 0 bridgehead atoms. The fraction of sp³-hybridized carbons (Fsp3) is 0.750. The van der Waals surface area contributed by atoms with Gasteiger partial charge in [0.05, 0.1) is 5.60 Å². The van der Waals surface area contributed by atoms with Crippen LogP contribution in [-0.4, -0.2) is 16.2 Å². The molecule has 58 valence electrons. The lowest BCUT2D eigenvalue weighted by Gasteiger charge is -2.31. The molecule has 0 saturated carbocycles. The smallest absolute Gasteiger partial charge is 0.0801 e. The van der Waals surface area contributed by atoms with Gasteiger partial charge in [0.1, 0.15) is 0 Å². The molecule has 0 aromatic rings. The number of hydrogen-bond donors (Lipinski definition) is 2. The van der Waals surface area contributed by atoms with Crippen molar-refractivity contribution in [3.8, 4) is 0 Å². The first kappa shape index (κ1) is 7.76. The van der Waals surface area contributed by atoms with Crippen LogP contribution < -0.4 is 5.73 Å². The topological polar surface area (TPSA) is 46.2 Å². The largest absolute Gasteiger partial charge is 0.386 e. The molecule has 0 spiro atoms. The van der Waals surface area contributed by atoms with Crippen molar-refractivity contribution < 1.29 is 5.11 Å². The molecule has 3 N–H and O–H groups in total. The van der Waals surface area contributed by atoms with Crippen LogP contribution in [0.2, 0.25) is 0 Å². The van der Waals surface area contributed by atoms with E-state index in [2.05, 4.69) is 0 Å². The molecule has 0 fully saturated rings. The van der Waals surface area contributed by atoms with E-state index in [0.29, 0.717) is 0 Å². The summed E-state index contributed by atoms with van der Waals surface area (Å²) in [5, 5.41) is 9.46. The highest BCUT2D eigenvalue weighted by atomic mass is 16.3. The van der Waals surface area contributed by atoms with Gasteiger partial charge in [-0.3, -0.25) is 0 Å². The van der Waals surface area contributed by atoms with Crippen molar-refractivity contribution in [1.82, 2.24) is 0 Å². The third kappa shape index (κ3) is 1.82. The summed E-state index contributed by atoms with van der Waals surface area (Å²) in [6, 6.07) is 0. The van der Waals surface area contributed by atoms with Crippen LogP contribution in [0.3, 0.4) is 0 Å². The number of nitrogens with two attached hydrogens (primary N) is 1. The van der Waals surface area contributed by atoms with Crippen LogP contribution >= 0.6 is 0 Å². The van der Waals surface area contributed by atoms with Gasteiger partial charge in [0.25, 0.3) is 0 Å². The summed E-state index contributed by atoms with van der Waals surface area (Å²) in [4.78, 5) is 0. The lowest BCUT2D eigenvalue weighted by molar-refractivity contribution is 0.0862. The molecular formula is C8H15NO. The molecule has 0 amide bonds. The van der Waals surface area contributed by atoms with Crippen molar-refractivity contribution in [2.75, 3.05) is 0 Å². The molecule has 2 atom stereocenters. The van der Waals surface area contributed by atoms with Crippen LogP contribution in [-0.2, 0) is 0 Å². The van der Waals surface area contributed by atoms with Crippen LogP contribution in [0.15, 0.2) is 12.2 Å². The molecule has 0 aliphatic heterocycles. The molecule has 0 aromatic heterocycles. The van der Waals surface area contributed by atoms with Crippen LogP contribution in [0.5, 0.6) is 0 Å². The molecule has 2 heteroatoms. The average molecular weight is 141 g/mol. The van der Waals surface area contributed by atoms with Crippen LogP contribution in [0.4, 0.5) is 0 Å². The molecule has 0 aromatic carbocycles. The van der Waals surface area contributed by atoms with Gasteiger partial charge in [-0.25, -0.2) is 0 Å². The van der Waals surface area contributed by atoms with Gasteiger partial charge in [0.15, 0.2) is 0 Å². The Hall–Kier alpha value is -0.340. The summed E-state index contributed by atoms with van der Waals surface area (Å²) in [5.74, 6) is 0. The SMILES string of the molecule is CC1(N)C=CC(C)(O)CC1. The Kier molecular flexibility index (Phi) is 1.61. The number of rotatable bonds is 0. The Balaban J connectivity index is 2.70. The quantitative estimate of drug-likeness (QED) is 0.490. The Morgan fingerprint density at radius 1 is 1.30 bits per heavy atom. The Bertz CT molecular complexity index is 141. The van der Waals surface area contributed by atoms with Gasteiger partial charge >= 0.3 is 0 Å². The minimum Gasteiger partial charge on any atom is -0.386 e. The van der Waals surface area contributed by atoms with Crippen LogP contribution in [0.1, 0.15) is 26.7 Å². The van der Waals surface area contributed by atoms with Crippen molar-refractivity contribution in [3.63, 3.8) is 0 Å². The number of hydrogen-bond acceptors (Lipinski definition) is 2. The Morgan fingerprint density at radius 2 is 1.90 bits per heavy atom. The van der Waals surface area contributed by atoms with Crippen molar-refractivity contribution >= 4 is 0 Å². The van der Waals surface area contributed by atoms with E-state index in [4.69, 9.17) is 5.73 Å². The van der Waals surface area contributed by atoms with E-state index in [1.54, 1.807) is 13.0 Å². The molecule has 1 aliphatic carbocycles. The summed E-state index contributed by atoms with van der Waals surface area (Å²) in [6.45, 7) is 3.78. The molecule has 1 aliphatic rings. The minimum atomic E-state index is -0.626. The van der Waals surface area contributed by atoms with Crippen LogP contribution in [0, 0.1) is 0 Å². The maximum atomic E-state index is 9.46. The second kappa shape index (κ2) is 2.07. The predicted molar refractivity (Wildman–Crippen MR) is 41.6 cm³/mol. The van der Waals surface area contributed by atoms with Crippen molar-refractivity contribution in [3.05, 3.63) is 12.2 Å². The van der Waals surface area contributed by atoms with Crippen LogP contribution in [0.25, 0.3) is 0 Å². The van der Waals surface area contributed by atoms with E-state index in [-0.39, 0.29) is 5.54 Å². The Morgan fingerprint density at radius 3 is 2.20 bits per heavy atom. The minimum absolute atomic E-state index is 0.206. The fourth-order valence-electron chi connectivity index (χ4n) is 1.06. The monoisotopic (exact) mass is 141 g/mol. The molecule has 0 heterocycles. The summed E-state index contributed by atoms with van der Waals surface area (Å²) in [7, 11) is 0. The van der Waals surface area contributed by atoms with Gasteiger partial charge < -0.3 is 10.8 Å². The van der Waals surface area contributed by atoms with E-state index in [1.807, 2.05) is 13.0 Å². The molecule has 2 unspecified atom stereocenters. The first-order valence-electron chi connectivity index (χ1n) is 3.63. The van der Waals surface area contributed by atoms with Crippen molar-refractivity contribution in [2.24, 2.45) is 5.73 Å². The highest BCUT2D eigenvalue weighted by Gasteiger charge is 2.27. The second-order valence-electron chi connectivity index (χ2n) is 3.70. The second-order valence-corrected chi connectivity index (χ2v) is 3.70. The molecule has 0 saturated heterocycles. The lowest BCUT2D eigenvalue weighted by Crippen LogP contribution is -2.40. The third-order valence-electron chi connectivity index (χ3n) is 1.99. The van der Waals surface area contributed by atoms with E-state index in [9.17, 15) is 5.11 Å². The summed E-state index contributed by atoms with van der Waals surface area (Å²) in [6.07, 6.45) is 5.29. The van der Waals surface area contributed by atoms with Gasteiger partial charge in [-0.15, -0.1) is 0 Å². The van der Waals surface area contributed by atoms with Gasteiger partial charge in [0, 0.05) is 5.54 Å². The Labute approximate surface area is 61.7 Å². The normalized spacial score (nSPS) is 47.6. The summed E-state index contributed by atoms with van der Waals surface area (Å²) in [5.41, 5.74) is 4.97. The standard InChI is InChI=1S/C8H15NO/c1-7(9)3-5-8(2,10)6-4-7/h3,5,10H,4,6,9H2,1-2H3. The molecule has 1 rings (SSSR count). The fourth-order valence-corrected chi connectivity index (χ4v) is 1.06. The van der Waals surface area contributed by atoms with Gasteiger partial charge in [-0.2, -0.15) is 0 Å². The van der Waals surface area contributed by atoms with E-state index < -0.39 is 5.60 Å². The molecule has 0 radical (unpaired) electrons. The van der Waals surface area contributed by atoms with Gasteiger partial charge in [-0.1, -0.05) is 12.2 Å². The molecule has 10 heavy (non-hydrogen) atoms. The predicted octanol–water partition coefficient (Wildman–Crippen LogP) is 0.805. The maximum absolute atomic E-state index is 9.46. The van der Waals surface area contributed by atoms with Gasteiger partial charge in [-0.05, 0) is 26.7 Å². The van der Waals surface area contributed by atoms with E-state index in [0.717, 1.165) is 12.8 Å². The first-order chi connectivity index (χ1) is 4.41. The third-order valence-corrected chi connectivity index (χ3v) is 1.99. The van der Waals surface area contributed by atoms with Crippen molar-refractivity contribution in [1.29, 1.82) is 0 Å². The maximum Gasteiger partial charge on any atom is 0.0801 e. The highest BCUT2D eigenvalue weighted by molar-refractivity contribution is 5.13. The van der Waals surface area contributed by atoms with Crippen molar-refractivity contribution in [2.45, 2.75) is 37.8 Å². The average Bonchev–Trinajstić information content (AvgIpc) is 1.79. The zero-order valence-corrected chi connectivity index (χ0v) is 6.59. The van der Waals surface area contributed by atoms with Gasteiger partial charge in [0.2, 0.25) is 0 Å². The summed E-state index contributed by atoms with van der Waals surface area (Å²) < 4.78 is 0. The van der Waals surface area contributed by atoms with E-state index in [1.165, 1.54) is 0 Å². The first-order valence-corrected chi connectivity index (χ1v) is 3.63. The summed E-state index contributed by atoms with van der Waals surface area (Å²) >= 11 is 0. The number of aliphatic hydroxyl groups is 1. The molecular weight excluding hydrogens is 126 g/mol. The highest BCUT2D eigenvalue weighted by Crippen LogP contribution is 2.25.